The molecule has 0 atom stereocenters. The van der Waals surface area contributed by atoms with Gasteiger partial charge in [-0.3, -0.25) is 0 Å². The molecule has 8 heteroatoms. The van der Waals surface area contributed by atoms with Crippen LogP contribution in [0, 0.1) is 11.3 Å². The smallest absolute Gasteiger partial charge is 0.340 e. The Morgan fingerprint density at radius 2 is 1.59 bits per heavy atom. The van der Waals surface area contributed by atoms with Gasteiger partial charge in [-0.1, -0.05) is 25.5 Å². The lowest BCUT2D eigenvalue weighted by molar-refractivity contribution is -0.137. The number of hydrogen-bond donors (Lipinski definition) is 2. The minimum absolute atomic E-state index is 0.00723. The number of anilines is 4. The van der Waals surface area contributed by atoms with Crippen LogP contribution in [0.4, 0.5) is 36.3 Å². The van der Waals surface area contributed by atoms with E-state index in [9.17, 15) is 13.2 Å². The molecule has 3 aromatic rings. The van der Waals surface area contributed by atoms with Crippen LogP contribution in [-0.2, 0) is 12.6 Å². The van der Waals surface area contributed by atoms with Crippen molar-refractivity contribution in [3.63, 3.8) is 0 Å². The molecular formula is C21H18F3N5. The van der Waals surface area contributed by atoms with Gasteiger partial charge in [-0.2, -0.15) is 23.4 Å². The van der Waals surface area contributed by atoms with Crippen LogP contribution in [0.5, 0.6) is 0 Å². The molecule has 0 aliphatic carbocycles. The zero-order valence-corrected chi connectivity index (χ0v) is 15.6. The summed E-state index contributed by atoms with van der Waals surface area (Å²) in [6.45, 7) is 2.06. The fourth-order valence-corrected chi connectivity index (χ4v) is 2.68. The van der Waals surface area contributed by atoms with Crippen LogP contribution in [-0.4, -0.2) is 9.97 Å². The summed E-state index contributed by atoms with van der Waals surface area (Å²) in [5.41, 5.74) is 1.68. The zero-order chi connectivity index (χ0) is 20.9. The number of halogens is 3. The third kappa shape index (κ3) is 5.23. The summed E-state index contributed by atoms with van der Waals surface area (Å²) in [6.07, 6.45) is -1.97. The Kier molecular flexibility index (Phi) is 5.98. The van der Waals surface area contributed by atoms with E-state index >= 15 is 0 Å². The average molecular weight is 397 g/mol. The molecule has 0 spiro atoms. The third-order valence-corrected chi connectivity index (χ3v) is 4.12. The second-order valence-electron chi connectivity index (χ2n) is 6.34. The first-order valence-electron chi connectivity index (χ1n) is 8.96. The average Bonchev–Trinajstić information content (AvgIpc) is 2.69. The highest BCUT2D eigenvalue weighted by Crippen LogP contribution is 2.35. The van der Waals surface area contributed by atoms with Gasteiger partial charge in [0.1, 0.15) is 11.4 Å². The molecule has 0 saturated carbocycles. The van der Waals surface area contributed by atoms with Gasteiger partial charge in [0, 0.05) is 17.6 Å². The molecule has 0 aliphatic rings. The molecule has 5 nitrogen and oxygen atoms in total. The van der Waals surface area contributed by atoms with Crippen molar-refractivity contribution in [2.75, 3.05) is 10.6 Å². The number of nitrogens with zero attached hydrogens (tertiary/aromatic N) is 3. The number of aromatic nitrogens is 2. The van der Waals surface area contributed by atoms with Crippen molar-refractivity contribution >= 4 is 23.1 Å². The van der Waals surface area contributed by atoms with Crippen LogP contribution in [0.2, 0.25) is 0 Å². The van der Waals surface area contributed by atoms with Gasteiger partial charge in [-0.05, 0) is 48.4 Å². The molecule has 0 unspecified atom stereocenters. The van der Waals surface area contributed by atoms with E-state index in [1.165, 1.54) is 0 Å². The number of rotatable bonds is 6. The fourth-order valence-electron chi connectivity index (χ4n) is 2.68. The minimum atomic E-state index is -4.60. The summed E-state index contributed by atoms with van der Waals surface area (Å²) in [5.74, 6) is -0.334. The lowest BCUT2D eigenvalue weighted by Crippen LogP contribution is -2.12. The summed E-state index contributed by atoms with van der Waals surface area (Å²) < 4.78 is 40.2. The van der Waals surface area contributed by atoms with Gasteiger partial charge in [0.15, 0.2) is 0 Å². The number of benzene rings is 2. The Morgan fingerprint density at radius 1 is 0.966 bits per heavy atom. The van der Waals surface area contributed by atoms with Gasteiger partial charge in [0.2, 0.25) is 5.95 Å². The molecule has 1 aromatic heterocycles. The van der Waals surface area contributed by atoms with Gasteiger partial charge in [0.05, 0.1) is 11.6 Å². The molecule has 3 rings (SSSR count). The number of nitriles is 1. The molecule has 2 N–H and O–H groups in total. The zero-order valence-electron chi connectivity index (χ0n) is 15.6. The minimum Gasteiger partial charge on any atom is -0.340 e. The predicted molar refractivity (Wildman–Crippen MR) is 105 cm³/mol. The Balaban J connectivity index is 1.88. The van der Waals surface area contributed by atoms with Gasteiger partial charge in [0.25, 0.3) is 0 Å². The Morgan fingerprint density at radius 3 is 2.17 bits per heavy atom. The number of nitrogens with one attached hydrogen (secondary N) is 2. The highest BCUT2D eigenvalue weighted by Gasteiger charge is 2.35. The molecular weight excluding hydrogens is 379 g/mol. The van der Waals surface area contributed by atoms with E-state index in [4.69, 9.17) is 5.26 Å². The molecule has 148 valence electrons. The van der Waals surface area contributed by atoms with Crippen LogP contribution in [0.25, 0.3) is 0 Å². The van der Waals surface area contributed by atoms with E-state index in [-0.39, 0.29) is 11.8 Å². The molecule has 29 heavy (non-hydrogen) atoms. The predicted octanol–water partition coefficient (Wildman–Crippen LogP) is 5.81. The Hall–Kier alpha value is -3.60. The first-order valence-corrected chi connectivity index (χ1v) is 8.96. The number of alkyl halides is 3. The quantitative estimate of drug-likeness (QED) is 0.549. The van der Waals surface area contributed by atoms with Crippen molar-refractivity contribution in [2.45, 2.75) is 25.9 Å². The molecule has 1 heterocycles. The molecule has 0 amide bonds. The number of hydrogen-bond acceptors (Lipinski definition) is 5. The van der Waals surface area contributed by atoms with E-state index in [0.717, 1.165) is 24.6 Å². The molecule has 2 aromatic carbocycles. The van der Waals surface area contributed by atoms with Crippen molar-refractivity contribution in [3.8, 4) is 6.07 Å². The second-order valence-corrected chi connectivity index (χ2v) is 6.34. The maximum absolute atomic E-state index is 13.4. The van der Waals surface area contributed by atoms with Gasteiger partial charge in [-0.25, -0.2) is 4.98 Å². The molecule has 0 aliphatic heterocycles. The first kappa shape index (κ1) is 20.1. The van der Waals surface area contributed by atoms with Gasteiger partial charge >= 0.3 is 6.18 Å². The van der Waals surface area contributed by atoms with Crippen LogP contribution in [0.3, 0.4) is 0 Å². The summed E-state index contributed by atoms with van der Waals surface area (Å²) in [4.78, 5) is 7.79. The standard InChI is InChI=1S/C21H18F3N5/c1-2-3-14-4-8-16(9-5-14)27-19-18(21(22,23)24)13-26-20(29-19)28-17-10-6-15(12-25)7-11-17/h4-11,13H,2-3H2,1H3,(H2,26,27,28,29). The maximum atomic E-state index is 13.4. The van der Waals surface area contributed by atoms with Crippen LogP contribution >= 0.6 is 0 Å². The van der Waals surface area contributed by atoms with Crippen LogP contribution in [0.15, 0.2) is 54.7 Å². The monoisotopic (exact) mass is 397 g/mol. The van der Waals surface area contributed by atoms with Gasteiger partial charge in [-0.15, -0.1) is 0 Å². The molecule has 0 radical (unpaired) electrons. The lowest BCUT2D eigenvalue weighted by atomic mass is 10.1. The first-order chi connectivity index (χ1) is 13.9. The Labute approximate surface area is 166 Å². The second kappa shape index (κ2) is 8.61. The molecule has 0 fully saturated rings. The summed E-state index contributed by atoms with van der Waals surface area (Å²) >= 11 is 0. The van der Waals surface area contributed by atoms with Crippen molar-refractivity contribution < 1.29 is 13.2 Å². The Bertz CT molecular complexity index is 1010. The summed E-state index contributed by atoms with van der Waals surface area (Å²) in [6, 6.07) is 15.6. The normalized spacial score (nSPS) is 11.0. The van der Waals surface area contributed by atoms with Crippen molar-refractivity contribution in [1.29, 1.82) is 5.26 Å². The van der Waals surface area contributed by atoms with E-state index in [0.29, 0.717) is 16.9 Å². The molecule has 0 saturated heterocycles. The van der Waals surface area contributed by atoms with Crippen LogP contribution in [0.1, 0.15) is 30.0 Å². The number of aryl methyl sites for hydroxylation is 1. The topological polar surface area (TPSA) is 73.6 Å². The lowest BCUT2D eigenvalue weighted by Gasteiger charge is -2.15. The van der Waals surface area contributed by atoms with Gasteiger partial charge < -0.3 is 10.6 Å². The van der Waals surface area contributed by atoms with Crippen molar-refractivity contribution in [3.05, 3.63) is 71.4 Å². The summed E-state index contributed by atoms with van der Waals surface area (Å²) in [5, 5.41) is 14.4. The highest BCUT2D eigenvalue weighted by atomic mass is 19.4. The SMILES string of the molecule is CCCc1ccc(Nc2nc(Nc3ccc(C#N)cc3)ncc2C(F)(F)F)cc1. The van der Waals surface area contributed by atoms with E-state index < -0.39 is 11.7 Å². The third-order valence-electron chi connectivity index (χ3n) is 4.12. The van der Waals surface area contributed by atoms with E-state index in [1.807, 2.05) is 18.2 Å². The summed E-state index contributed by atoms with van der Waals surface area (Å²) in [7, 11) is 0. The highest BCUT2D eigenvalue weighted by molar-refractivity contribution is 5.63. The van der Waals surface area contributed by atoms with Crippen LogP contribution < -0.4 is 10.6 Å². The van der Waals surface area contributed by atoms with Crippen molar-refractivity contribution in [1.82, 2.24) is 9.97 Å². The largest absolute Gasteiger partial charge is 0.421 e. The fraction of sp³-hybridized carbons (Fsp3) is 0.190. The van der Waals surface area contributed by atoms with Crippen molar-refractivity contribution in [2.24, 2.45) is 0 Å². The van der Waals surface area contributed by atoms with E-state index in [2.05, 4.69) is 27.5 Å². The molecule has 0 bridgehead atoms. The van der Waals surface area contributed by atoms with E-state index in [1.54, 1.807) is 36.4 Å². The maximum Gasteiger partial charge on any atom is 0.421 e.